The number of carbonyl (C=O) groups is 2. The summed E-state index contributed by atoms with van der Waals surface area (Å²) < 4.78 is 25.0. The molecule has 0 atom stereocenters. The molecule has 2 aromatic rings. The Morgan fingerprint density at radius 1 is 1.17 bits per heavy atom. The van der Waals surface area contributed by atoms with Crippen LogP contribution in [0, 0.1) is 0 Å². The van der Waals surface area contributed by atoms with Gasteiger partial charge in [0.2, 0.25) is 10.0 Å². The lowest BCUT2D eigenvalue weighted by Gasteiger charge is -2.08. The van der Waals surface area contributed by atoms with Crippen LogP contribution in [0.4, 0.5) is 5.69 Å². The number of rotatable bonds is 5. The van der Waals surface area contributed by atoms with E-state index in [9.17, 15) is 18.0 Å². The monoisotopic (exact) mass is 354 g/mol. The van der Waals surface area contributed by atoms with Crippen LogP contribution in [0.3, 0.4) is 0 Å². The molecule has 0 saturated heterocycles. The first kappa shape index (κ1) is 17.1. The zero-order valence-electron chi connectivity index (χ0n) is 12.3. The molecule has 0 radical (unpaired) electrons. The van der Waals surface area contributed by atoms with E-state index in [0.717, 1.165) is 15.6 Å². The molecule has 1 aromatic carbocycles. The summed E-state index contributed by atoms with van der Waals surface area (Å²) in [4.78, 5) is 23.2. The Hall–Kier alpha value is -2.23. The Balaban J connectivity index is 2.16. The third-order valence-electron chi connectivity index (χ3n) is 2.97. The topological polar surface area (TPSA) is 104 Å². The van der Waals surface area contributed by atoms with Gasteiger partial charge < -0.3 is 10.4 Å². The molecule has 0 aliphatic heterocycles. The van der Waals surface area contributed by atoms with E-state index in [-0.39, 0.29) is 15.3 Å². The third kappa shape index (κ3) is 3.76. The number of carbonyl (C=O) groups excluding carboxylic acids is 1. The van der Waals surface area contributed by atoms with Gasteiger partial charge in [-0.2, -0.15) is 0 Å². The van der Waals surface area contributed by atoms with Crippen molar-refractivity contribution in [2.75, 3.05) is 19.4 Å². The predicted octanol–water partition coefficient (Wildman–Crippen LogP) is 1.95. The Bertz CT molecular complexity index is 838. The van der Waals surface area contributed by atoms with Crippen LogP contribution in [0.25, 0.3) is 0 Å². The van der Waals surface area contributed by atoms with Crippen molar-refractivity contribution in [2.45, 2.75) is 4.90 Å². The summed E-state index contributed by atoms with van der Waals surface area (Å²) in [5, 5.41) is 12.8. The highest BCUT2D eigenvalue weighted by Gasteiger charge is 2.21. The molecule has 0 bridgehead atoms. The Morgan fingerprint density at radius 3 is 2.30 bits per heavy atom. The number of carboxylic acid groups (broad SMARTS) is 1. The summed E-state index contributed by atoms with van der Waals surface area (Å²) in [5.74, 6) is -1.52. The smallest absolute Gasteiger partial charge is 0.335 e. The van der Waals surface area contributed by atoms with Crippen LogP contribution in [-0.4, -0.2) is 43.8 Å². The summed E-state index contributed by atoms with van der Waals surface area (Å²) in [5.41, 5.74) is 0.531. The maximum Gasteiger partial charge on any atom is 0.335 e. The third-order valence-corrected chi connectivity index (χ3v) is 5.84. The van der Waals surface area contributed by atoms with Crippen molar-refractivity contribution in [1.29, 1.82) is 0 Å². The molecule has 2 N–H and O–H groups in total. The number of carboxylic acids is 1. The van der Waals surface area contributed by atoms with E-state index in [1.54, 1.807) is 0 Å². The Labute approximate surface area is 137 Å². The van der Waals surface area contributed by atoms with Crippen molar-refractivity contribution in [2.24, 2.45) is 0 Å². The van der Waals surface area contributed by atoms with Crippen molar-refractivity contribution in [1.82, 2.24) is 4.31 Å². The van der Waals surface area contributed by atoms with Gasteiger partial charge in [0.1, 0.15) is 0 Å². The summed E-state index contributed by atoms with van der Waals surface area (Å²) >= 11 is 1.02. The van der Waals surface area contributed by atoms with E-state index in [1.165, 1.54) is 49.8 Å². The number of hydrogen-bond acceptors (Lipinski definition) is 5. The highest BCUT2D eigenvalue weighted by atomic mass is 32.2. The lowest BCUT2D eigenvalue weighted by Crippen LogP contribution is -2.21. The van der Waals surface area contributed by atoms with Crippen LogP contribution in [0.15, 0.2) is 40.6 Å². The minimum absolute atomic E-state index is 0.0545. The first-order chi connectivity index (χ1) is 10.7. The number of nitrogens with zero attached hydrogens (tertiary/aromatic N) is 1. The number of thiophene rings is 1. The molecular formula is C14H14N2O5S2. The van der Waals surface area contributed by atoms with E-state index in [1.807, 2.05) is 0 Å². The first-order valence-corrected chi connectivity index (χ1v) is 8.69. The van der Waals surface area contributed by atoms with Gasteiger partial charge in [0, 0.05) is 25.2 Å². The van der Waals surface area contributed by atoms with Crippen LogP contribution >= 0.6 is 11.3 Å². The number of nitrogens with one attached hydrogen (secondary N) is 1. The SMILES string of the molecule is CN(C)S(=O)(=O)c1csc(C(=O)Nc2ccc(C(=O)O)cc2)c1. The molecule has 2 rings (SSSR count). The van der Waals surface area contributed by atoms with Gasteiger partial charge in [-0.1, -0.05) is 0 Å². The molecule has 7 nitrogen and oxygen atoms in total. The largest absolute Gasteiger partial charge is 0.478 e. The molecule has 122 valence electrons. The number of amides is 1. The standard InChI is InChI=1S/C14H14N2O5S2/c1-16(2)23(20,21)11-7-12(22-8-11)13(17)15-10-5-3-9(4-6-10)14(18)19/h3-8H,1-2H3,(H,15,17)(H,18,19). The molecule has 1 heterocycles. The number of anilines is 1. The van der Waals surface area contributed by atoms with Gasteiger partial charge in [0.05, 0.1) is 15.3 Å². The van der Waals surface area contributed by atoms with E-state index in [4.69, 9.17) is 5.11 Å². The van der Waals surface area contributed by atoms with Crippen molar-refractivity contribution in [3.8, 4) is 0 Å². The van der Waals surface area contributed by atoms with E-state index in [2.05, 4.69) is 5.32 Å². The second kappa shape index (κ2) is 6.49. The highest BCUT2D eigenvalue weighted by Crippen LogP contribution is 2.22. The number of aromatic carboxylic acids is 1. The molecule has 0 unspecified atom stereocenters. The normalized spacial score (nSPS) is 11.4. The molecule has 0 saturated carbocycles. The van der Waals surface area contributed by atoms with Crippen molar-refractivity contribution in [3.63, 3.8) is 0 Å². The van der Waals surface area contributed by atoms with Gasteiger partial charge in [-0.15, -0.1) is 11.3 Å². The zero-order chi connectivity index (χ0) is 17.2. The molecule has 23 heavy (non-hydrogen) atoms. The molecule has 0 spiro atoms. The van der Waals surface area contributed by atoms with E-state index < -0.39 is 21.9 Å². The number of sulfonamides is 1. The minimum Gasteiger partial charge on any atom is -0.478 e. The summed E-state index contributed by atoms with van der Waals surface area (Å²) in [6, 6.07) is 6.97. The molecule has 1 aromatic heterocycles. The Morgan fingerprint density at radius 2 is 1.78 bits per heavy atom. The van der Waals surface area contributed by atoms with Gasteiger partial charge in [-0.25, -0.2) is 17.5 Å². The quantitative estimate of drug-likeness (QED) is 0.854. The van der Waals surface area contributed by atoms with Crippen molar-refractivity contribution >= 4 is 38.9 Å². The fourth-order valence-corrected chi connectivity index (χ4v) is 3.73. The van der Waals surface area contributed by atoms with Crippen LogP contribution < -0.4 is 5.32 Å². The number of hydrogen-bond donors (Lipinski definition) is 2. The zero-order valence-corrected chi connectivity index (χ0v) is 13.9. The van der Waals surface area contributed by atoms with Gasteiger partial charge in [-0.05, 0) is 30.3 Å². The second-order valence-electron chi connectivity index (χ2n) is 4.77. The molecule has 0 fully saturated rings. The first-order valence-electron chi connectivity index (χ1n) is 6.37. The van der Waals surface area contributed by atoms with Crippen LogP contribution in [0.5, 0.6) is 0 Å². The fraction of sp³-hybridized carbons (Fsp3) is 0.143. The maximum atomic E-state index is 12.1. The molecule has 1 amide bonds. The van der Waals surface area contributed by atoms with Crippen LogP contribution in [-0.2, 0) is 10.0 Å². The van der Waals surface area contributed by atoms with Gasteiger partial charge >= 0.3 is 5.97 Å². The molecule has 9 heteroatoms. The molecular weight excluding hydrogens is 340 g/mol. The van der Waals surface area contributed by atoms with E-state index >= 15 is 0 Å². The fourth-order valence-electron chi connectivity index (χ4n) is 1.67. The van der Waals surface area contributed by atoms with Gasteiger partial charge in [-0.3, -0.25) is 4.79 Å². The number of benzene rings is 1. The lowest BCUT2D eigenvalue weighted by molar-refractivity contribution is 0.0696. The summed E-state index contributed by atoms with van der Waals surface area (Å²) in [6.07, 6.45) is 0. The van der Waals surface area contributed by atoms with Crippen LogP contribution in [0.1, 0.15) is 20.0 Å². The average Bonchev–Trinajstić information content (AvgIpc) is 2.98. The van der Waals surface area contributed by atoms with E-state index in [0.29, 0.717) is 5.69 Å². The van der Waals surface area contributed by atoms with Crippen LogP contribution in [0.2, 0.25) is 0 Å². The van der Waals surface area contributed by atoms with Gasteiger partial charge in [0.25, 0.3) is 5.91 Å². The Kier molecular flexibility index (Phi) is 4.83. The summed E-state index contributed by atoms with van der Waals surface area (Å²) in [6.45, 7) is 0. The maximum absolute atomic E-state index is 12.1. The lowest BCUT2D eigenvalue weighted by atomic mass is 10.2. The second-order valence-corrected chi connectivity index (χ2v) is 7.83. The van der Waals surface area contributed by atoms with Gasteiger partial charge in [0.15, 0.2) is 0 Å². The average molecular weight is 354 g/mol. The summed E-state index contributed by atoms with van der Waals surface area (Å²) in [7, 11) is -0.752. The molecule has 0 aliphatic rings. The predicted molar refractivity (Wildman–Crippen MR) is 86.5 cm³/mol. The highest BCUT2D eigenvalue weighted by molar-refractivity contribution is 7.89. The van der Waals surface area contributed by atoms with Crippen molar-refractivity contribution in [3.05, 3.63) is 46.2 Å². The van der Waals surface area contributed by atoms with Crippen molar-refractivity contribution < 1.29 is 23.1 Å². The minimum atomic E-state index is -3.58. The molecule has 0 aliphatic carbocycles.